The number of fused-ring (bicyclic) bond motifs is 1. The van der Waals surface area contributed by atoms with Gasteiger partial charge < -0.3 is 24.9 Å². The lowest BCUT2D eigenvalue weighted by atomic mass is 9.91. The quantitative estimate of drug-likeness (QED) is 0.190. The molecule has 39 heavy (non-hydrogen) atoms. The largest absolute Gasteiger partial charge is 0.479 e. The predicted molar refractivity (Wildman–Crippen MR) is 138 cm³/mol. The molecule has 0 saturated carbocycles. The van der Waals surface area contributed by atoms with E-state index in [4.69, 9.17) is 9.84 Å². The number of hydrogen-bond donors (Lipinski definition) is 4. The molecule has 3 aromatic carbocycles. The number of halogens is 3. The SMILES string of the molecule is Cc1c(Oc2ccc(F)c(-c3ncc(C(C)(O)c4cccc(CC(F)C(=O)O)c4)[nH]3)c2)c(F)cc2[nH]ccc12. The highest BCUT2D eigenvalue weighted by Gasteiger charge is 2.29. The third kappa shape index (κ3) is 4.98. The molecule has 0 saturated heterocycles. The molecule has 2 unspecified atom stereocenters. The van der Waals surface area contributed by atoms with Gasteiger partial charge in [0.2, 0.25) is 6.17 Å². The molecule has 0 bridgehead atoms. The van der Waals surface area contributed by atoms with Crippen LogP contribution in [0.5, 0.6) is 11.5 Å². The number of alkyl halides is 1. The van der Waals surface area contributed by atoms with E-state index in [2.05, 4.69) is 15.0 Å². The zero-order chi connectivity index (χ0) is 27.9. The zero-order valence-corrected chi connectivity index (χ0v) is 20.9. The van der Waals surface area contributed by atoms with Crippen LogP contribution in [0.25, 0.3) is 22.3 Å². The van der Waals surface area contributed by atoms with Crippen LogP contribution in [0.15, 0.2) is 67.0 Å². The molecule has 0 radical (unpaired) electrons. The van der Waals surface area contributed by atoms with Crippen molar-refractivity contribution in [3.63, 3.8) is 0 Å². The van der Waals surface area contributed by atoms with E-state index in [9.17, 15) is 23.1 Å². The molecule has 0 aliphatic rings. The van der Waals surface area contributed by atoms with Crippen LogP contribution in [0.2, 0.25) is 0 Å². The summed E-state index contributed by atoms with van der Waals surface area (Å²) in [6.07, 6.45) is 0.601. The van der Waals surface area contributed by atoms with Crippen LogP contribution in [0, 0.1) is 18.6 Å². The smallest absolute Gasteiger partial charge is 0.338 e. The van der Waals surface area contributed by atoms with E-state index in [-0.39, 0.29) is 35.0 Å². The molecule has 2 heterocycles. The minimum atomic E-state index is -2.08. The normalized spacial score (nSPS) is 13.8. The van der Waals surface area contributed by atoms with Crippen LogP contribution in [-0.2, 0) is 16.8 Å². The maximum Gasteiger partial charge on any atom is 0.338 e. The number of H-pyrrole nitrogens is 2. The molecular formula is C29H24F3N3O4. The fraction of sp³-hybridized carbons (Fsp3) is 0.172. The minimum Gasteiger partial charge on any atom is -0.479 e. The van der Waals surface area contributed by atoms with E-state index in [1.807, 2.05) is 0 Å². The van der Waals surface area contributed by atoms with E-state index in [1.165, 1.54) is 43.5 Å². The average Bonchev–Trinajstić information content (AvgIpc) is 3.58. The standard InChI is InChI=1S/C29H24F3N3O4/c1-15-19-8-9-33-24(19)13-22(31)26(15)39-18-6-7-21(30)20(12-18)27-34-14-25(35-27)29(2,38)17-5-3-4-16(10-17)11-23(32)28(36)37/h3-10,12-14,23,33,38H,11H2,1-2H3,(H,34,35)(H,36,37). The fourth-order valence-electron chi connectivity index (χ4n) is 4.47. The van der Waals surface area contributed by atoms with Gasteiger partial charge in [-0.1, -0.05) is 24.3 Å². The number of nitrogens with one attached hydrogen (secondary N) is 2. The summed E-state index contributed by atoms with van der Waals surface area (Å²) in [6, 6.07) is 13.3. The number of carboxylic acids is 1. The summed E-state index contributed by atoms with van der Waals surface area (Å²) < 4.78 is 49.1. The third-order valence-corrected chi connectivity index (χ3v) is 6.70. The molecule has 200 valence electrons. The number of aromatic nitrogens is 3. The molecule has 0 aliphatic carbocycles. The summed E-state index contributed by atoms with van der Waals surface area (Å²) in [5, 5.41) is 20.9. The maximum atomic E-state index is 14.8. The average molecular weight is 536 g/mol. The number of aromatic amines is 2. The van der Waals surface area contributed by atoms with Crippen LogP contribution in [0.1, 0.15) is 29.3 Å². The van der Waals surface area contributed by atoms with Gasteiger partial charge in [0.1, 0.15) is 23.0 Å². The van der Waals surface area contributed by atoms with Crippen molar-refractivity contribution in [3.05, 3.63) is 101 Å². The molecule has 7 nitrogen and oxygen atoms in total. The zero-order valence-electron chi connectivity index (χ0n) is 20.9. The Kier molecular flexibility index (Phi) is 6.65. The molecule has 10 heteroatoms. The van der Waals surface area contributed by atoms with E-state index in [1.54, 1.807) is 37.4 Å². The van der Waals surface area contributed by atoms with Crippen molar-refractivity contribution in [1.82, 2.24) is 15.0 Å². The Balaban J connectivity index is 1.44. The second-order valence-electron chi connectivity index (χ2n) is 9.42. The lowest BCUT2D eigenvalue weighted by molar-refractivity contribution is -0.142. The summed E-state index contributed by atoms with van der Waals surface area (Å²) in [7, 11) is 0. The molecule has 2 atom stereocenters. The Morgan fingerprint density at radius 3 is 2.69 bits per heavy atom. The highest BCUT2D eigenvalue weighted by molar-refractivity contribution is 5.85. The van der Waals surface area contributed by atoms with E-state index in [0.29, 0.717) is 22.2 Å². The summed E-state index contributed by atoms with van der Waals surface area (Å²) >= 11 is 0. The number of ether oxygens (including phenoxy) is 1. The molecule has 0 spiro atoms. The van der Waals surface area contributed by atoms with Gasteiger partial charge in [-0.25, -0.2) is 22.9 Å². The Morgan fingerprint density at radius 2 is 1.92 bits per heavy atom. The first-order valence-electron chi connectivity index (χ1n) is 12.0. The molecule has 0 fully saturated rings. The van der Waals surface area contributed by atoms with Gasteiger partial charge in [-0.3, -0.25) is 0 Å². The first-order chi connectivity index (χ1) is 18.5. The summed E-state index contributed by atoms with van der Waals surface area (Å²) in [5.74, 6) is -2.47. The molecule has 2 aromatic heterocycles. The maximum absolute atomic E-state index is 14.8. The topological polar surface area (TPSA) is 111 Å². The molecule has 0 amide bonds. The Morgan fingerprint density at radius 1 is 1.13 bits per heavy atom. The van der Waals surface area contributed by atoms with Crippen molar-refractivity contribution < 1.29 is 32.9 Å². The first-order valence-corrected chi connectivity index (χ1v) is 12.0. The van der Waals surface area contributed by atoms with Gasteiger partial charge in [-0.2, -0.15) is 0 Å². The van der Waals surface area contributed by atoms with Gasteiger partial charge in [0, 0.05) is 35.2 Å². The predicted octanol–water partition coefficient (Wildman–Crippen LogP) is 6.16. The van der Waals surface area contributed by atoms with Crippen molar-refractivity contribution in [2.45, 2.75) is 32.0 Å². The Bertz CT molecular complexity index is 1690. The minimum absolute atomic E-state index is 0.0148. The van der Waals surface area contributed by atoms with Crippen molar-refractivity contribution in [1.29, 1.82) is 0 Å². The first kappa shape index (κ1) is 26.1. The van der Waals surface area contributed by atoms with Crippen molar-refractivity contribution >= 4 is 16.9 Å². The molecule has 4 N–H and O–H groups in total. The van der Waals surface area contributed by atoms with Gasteiger partial charge in [0.05, 0.1) is 17.5 Å². The number of imidazole rings is 1. The second-order valence-corrected chi connectivity index (χ2v) is 9.42. The highest BCUT2D eigenvalue weighted by Crippen LogP contribution is 2.36. The number of carbonyl (C=O) groups is 1. The van der Waals surface area contributed by atoms with Crippen molar-refractivity contribution in [2.24, 2.45) is 0 Å². The van der Waals surface area contributed by atoms with Crippen LogP contribution in [-0.4, -0.2) is 37.3 Å². The number of aryl methyl sites for hydroxylation is 1. The number of carboxylic acid groups (broad SMARTS) is 1. The van der Waals surface area contributed by atoms with Gasteiger partial charge in [-0.05, 0) is 49.2 Å². The molecule has 0 aliphatic heterocycles. The number of hydrogen-bond acceptors (Lipinski definition) is 4. The van der Waals surface area contributed by atoms with Crippen LogP contribution in [0.4, 0.5) is 13.2 Å². The van der Waals surface area contributed by atoms with E-state index in [0.717, 1.165) is 5.39 Å². The van der Waals surface area contributed by atoms with Crippen molar-refractivity contribution in [3.8, 4) is 22.9 Å². The van der Waals surface area contributed by atoms with Gasteiger partial charge in [0.25, 0.3) is 0 Å². The second kappa shape index (κ2) is 9.95. The number of benzene rings is 3. The third-order valence-electron chi connectivity index (χ3n) is 6.70. The molecule has 5 rings (SSSR count). The Labute approximate surface area is 220 Å². The Hall–Kier alpha value is -4.57. The van der Waals surface area contributed by atoms with Crippen LogP contribution in [0.3, 0.4) is 0 Å². The lowest BCUT2D eigenvalue weighted by Crippen LogP contribution is -2.24. The summed E-state index contributed by atoms with van der Waals surface area (Å²) in [5.41, 5.74) is 0.561. The fourth-order valence-corrected chi connectivity index (χ4v) is 4.47. The monoisotopic (exact) mass is 535 g/mol. The number of rotatable bonds is 8. The highest BCUT2D eigenvalue weighted by atomic mass is 19.1. The molecular weight excluding hydrogens is 511 g/mol. The number of aliphatic hydroxyl groups is 1. The van der Waals surface area contributed by atoms with Crippen LogP contribution >= 0.6 is 0 Å². The number of aliphatic carboxylic acids is 1. The van der Waals surface area contributed by atoms with E-state index < -0.39 is 29.4 Å². The van der Waals surface area contributed by atoms with Crippen molar-refractivity contribution in [2.75, 3.05) is 0 Å². The summed E-state index contributed by atoms with van der Waals surface area (Å²) in [6.45, 7) is 3.20. The van der Waals surface area contributed by atoms with Gasteiger partial charge in [0.15, 0.2) is 11.6 Å². The van der Waals surface area contributed by atoms with Crippen LogP contribution < -0.4 is 4.74 Å². The van der Waals surface area contributed by atoms with Gasteiger partial charge in [-0.15, -0.1) is 0 Å². The number of nitrogens with zero attached hydrogens (tertiary/aromatic N) is 1. The molecule has 5 aromatic rings. The van der Waals surface area contributed by atoms with E-state index >= 15 is 0 Å². The lowest BCUT2D eigenvalue weighted by Gasteiger charge is -2.23. The van der Waals surface area contributed by atoms with Gasteiger partial charge >= 0.3 is 5.97 Å². The summed E-state index contributed by atoms with van der Waals surface area (Å²) in [4.78, 5) is 21.0.